The fourth-order valence-electron chi connectivity index (χ4n) is 2.70. The first-order valence-electron chi connectivity index (χ1n) is 8.92. The van der Waals surface area contributed by atoms with E-state index in [-0.39, 0.29) is 21.5 Å². The lowest BCUT2D eigenvalue weighted by Crippen LogP contribution is -2.14. The molecule has 1 N–H and O–H groups in total. The SMILES string of the molecule is Cc1ccc(NS(=O)(=O)c2ccc(Sc3nnnn3C(C)C)c([N+](=O)[O-])c2)c(C)c1. The lowest BCUT2D eigenvalue weighted by Gasteiger charge is -2.12. The standard InChI is InChI=1S/C18H20N6O4S2/c1-11(2)23-18(19-21-22-23)29-17-8-6-14(10-16(17)24(25)26)30(27,28)20-15-7-5-12(3)9-13(15)4/h5-11,20H,1-4H3. The number of aryl methyl sites for hydroxylation is 2. The average Bonchev–Trinajstić information content (AvgIpc) is 3.12. The first kappa shape index (κ1) is 21.7. The second kappa shape index (κ2) is 8.40. The highest BCUT2D eigenvalue weighted by Crippen LogP contribution is 2.36. The van der Waals surface area contributed by atoms with Crippen molar-refractivity contribution in [3.05, 3.63) is 57.6 Å². The molecular formula is C18H20N6O4S2. The summed E-state index contributed by atoms with van der Waals surface area (Å²) in [5.74, 6) is 0. The molecule has 0 fully saturated rings. The molecule has 0 amide bonds. The van der Waals surface area contributed by atoms with Gasteiger partial charge in [0.15, 0.2) is 0 Å². The zero-order chi connectivity index (χ0) is 22.1. The van der Waals surface area contributed by atoms with Crippen molar-refractivity contribution < 1.29 is 13.3 Å². The van der Waals surface area contributed by atoms with E-state index in [1.54, 1.807) is 19.1 Å². The van der Waals surface area contributed by atoms with Gasteiger partial charge in [0.05, 0.1) is 26.4 Å². The van der Waals surface area contributed by atoms with E-state index in [9.17, 15) is 18.5 Å². The number of benzene rings is 2. The van der Waals surface area contributed by atoms with E-state index < -0.39 is 14.9 Å². The molecule has 3 rings (SSSR count). The Bertz CT molecular complexity index is 1210. The van der Waals surface area contributed by atoms with Gasteiger partial charge in [-0.3, -0.25) is 14.8 Å². The van der Waals surface area contributed by atoms with Crippen LogP contribution >= 0.6 is 11.8 Å². The third kappa shape index (κ3) is 4.60. The van der Waals surface area contributed by atoms with Crippen molar-refractivity contribution in [2.45, 2.75) is 48.7 Å². The van der Waals surface area contributed by atoms with Crippen molar-refractivity contribution in [2.24, 2.45) is 0 Å². The van der Waals surface area contributed by atoms with Crippen molar-refractivity contribution in [1.29, 1.82) is 0 Å². The summed E-state index contributed by atoms with van der Waals surface area (Å²) in [4.78, 5) is 11.0. The summed E-state index contributed by atoms with van der Waals surface area (Å²) < 4.78 is 29.6. The summed E-state index contributed by atoms with van der Waals surface area (Å²) in [6.45, 7) is 7.44. The molecule has 0 spiro atoms. The van der Waals surface area contributed by atoms with Gasteiger partial charge in [-0.1, -0.05) is 17.7 Å². The number of tetrazole rings is 1. The Morgan fingerprint density at radius 1 is 1.17 bits per heavy atom. The van der Waals surface area contributed by atoms with Gasteiger partial charge in [0.2, 0.25) is 5.16 Å². The number of hydrogen-bond acceptors (Lipinski definition) is 8. The van der Waals surface area contributed by atoms with E-state index >= 15 is 0 Å². The Morgan fingerprint density at radius 3 is 2.53 bits per heavy atom. The fraction of sp³-hybridized carbons (Fsp3) is 0.278. The Kier molecular flexibility index (Phi) is 6.08. The van der Waals surface area contributed by atoms with Gasteiger partial charge in [-0.25, -0.2) is 13.1 Å². The topological polar surface area (TPSA) is 133 Å². The minimum absolute atomic E-state index is 0.0387. The molecule has 1 aromatic heterocycles. The highest BCUT2D eigenvalue weighted by atomic mass is 32.2. The molecular weight excluding hydrogens is 428 g/mol. The predicted octanol–water partition coefficient (Wildman–Crippen LogP) is 3.73. The third-order valence-electron chi connectivity index (χ3n) is 4.22. The lowest BCUT2D eigenvalue weighted by molar-refractivity contribution is -0.388. The van der Waals surface area contributed by atoms with Crippen LogP contribution in [0.25, 0.3) is 0 Å². The van der Waals surface area contributed by atoms with Crippen molar-refractivity contribution in [2.75, 3.05) is 4.72 Å². The van der Waals surface area contributed by atoms with E-state index in [0.717, 1.165) is 29.0 Å². The Balaban J connectivity index is 1.96. The molecule has 0 saturated carbocycles. The molecule has 0 unspecified atom stereocenters. The number of nitrogens with zero attached hydrogens (tertiary/aromatic N) is 5. The molecule has 0 saturated heterocycles. The van der Waals surface area contributed by atoms with Crippen LogP contribution in [-0.4, -0.2) is 33.5 Å². The highest BCUT2D eigenvalue weighted by Gasteiger charge is 2.24. The number of nitro groups is 1. The average molecular weight is 449 g/mol. The molecule has 158 valence electrons. The van der Waals surface area contributed by atoms with Crippen molar-refractivity contribution >= 4 is 33.2 Å². The molecule has 0 radical (unpaired) electrons. The van der Waals surface area contributed by atoms with Crippen LogP contribution in [0.15, 0.2) is 51.3 Å². The molecule has 2 aromatic carbocycles. The van der Waals surface area contributed by atoms with Gasteiger partial charge in [0, 0.05) is 6.07 Å². The van der Waals surface area contributed by atoms with E-state index in [1.807, 2.05) is 26.8 Å². The lowest BCUT2D eigenvalue weighted by atomic mass is 10.1. The number of aromatic nitrogens is 4. The van der Waals surface area contributed by atoms with Crippen LogP contribution in [0.1, 0.15) is 31.0 Å². The van der Waals surface area contributed by atoms with Crippen LogP contribution in [0.4, 0.5) is 11.4 Å². The number of anilines is 1. The number of nitro benzene ring substituents is 1. The number of nitrogens with one attached hydrogen (secondary N) is 1. The first-order valence-corrected chi connectivity index (χ1v) is 11.2. The largest absolute Gasteiger partial charge is 0.284 e. The first-order chi connectivity index (χ1) is 14.1. The molecule has 0 aliphatic rings. The number of rotatable bonds is 7. The molecule has 12 heteroatoms. The molecule has 1 heterocycles. The van der Waals surface area contributed by atoms with E-state index in [0.29, 0.717) is 10.8 Å². The molecule has 0 atom stereocenters. The Morgan fingerprint density at radius 2 is 1.90 bits per heavy atom. The van der Waals surface area contributed by atoms with Gasteiger partial charge in [-0.15, -0.1) is 5.10 Å². The smallest absolute Gasteiger partial charge is 0.279 e. The van der Waals surface area contributed by atoms with Crippen LogP contribution < -0.4 is 4.72 Å². The van der Waals surface area contributed by atoms with Gasteiger partial charge in [-0.2, -0.15) is 0 Å². The van der Waals surface area contributed by atoms with Crippen molar-refractivity contribution in [3.63, 3.8) is 0 Å². The van der Waals surface area contributed by atoms with Crippen molar-refractivity contribution in [3.8, 4) is 0 Å². The Labute approximate surface area is 177 Å². The van der Waals surface area contributed by atoms with Gasteiger partial charge in [-0.05, 0) is 73.6 Å². The fourth-order valence-corrected chi connectivity index (χ4v) is 4.84. The van der Waals surface area contributed by atoms with Crippen LogP contribution in [0.5, 0.6) is 0 Å². The summed E-state index contributed by atoms with van der Waals surface area (Å²) in [6.07, 6.45) is 0. The quantitative estimate of drug-likeness (QED) is 0.427. The molecule has 0 bridgehead atoms. The van der Waals surface area contributed by atoms with E-state index in [4.69, 9.17) is 0 Å². The zero-order valence-corrected chi connectivity index (χ0v) is 18.4. The summed E-state index contributed by atoms with van der Waals surface area (Å²) in [5, 5.41) is 23.3. The van der Waals surface area contributed by atoms with Crippen LogP contribution in [-0.2, 0) is 10.0 Å². The monoisotopic (exact) mass is 448 g/mol. The Hall–Kier alpha value is -2.99. The number of sulfonamides is 1. The maximum Gasteiger partial charge on any atom is 0.284 e. The molecule has 3 aromatic rings. The van der Waals surface area contributed by atoms with Crippen LogP contribution in [0, 0.1) is 24.0 Å². The van der Waals surface area contributed by atoms with E-state index in [1.165, 1.54) is 16.8 Å². The highest BCUT2D eigenvalue weighted by molar-refractivity contribution is 7.99. The van der Waals surface area contributed by atoms with Crippen LogP contribution in [0.3, 0.4) is 0 Å². The zero-order valence-electron chi connectivity index (χ0n) is 16.7. The maximum atomic E-state index is 12.8. The molecule has 30 heavy (non-hydrogen) atoms. The summed E-state index contributed by atoms with van der Waals surface area (Å²) in [6, 6.07) is 9.00. The van der Waals surface area contributed by atoms with Gasteiger partial charge < -0.3 is 0 Å². The maximum absolute atomic E-state index is 12.8. The molecule has 0 aliphatic heterocycles. The van der Waals surface area contributed by atoms with Crippen LogP contribution in [0.2, 0.25) is 0 Å². The minimum Gasteiger partial charge on any atom is -0.279 e. The minimum atomic E-state index is -4.01. The van der Waals surface area contributed by atoms with Gasteiger partial charge >= 0.3 is 0 Å². The third-order valence-corrected chi connectivity index (χ3v) is 6.60. The summed E-state index contributed by atoms with van der Waals surface area (Å²) in [5.41, 5.74) is 1.82. The summed E-state index contributed by atoms with van der Waals surface area (Å²) in [7, 11) is -4.01. The number of hydrogen-bond donors (Lipinski definition) is 1. The normalized spacial score (nSPS) is 11.6. The molecule has 10 nitrogen and oxygen atoms in total. The van der Waals surface area contributed by atoms with Gasteiger partial charge in [0.1, 0.15) is 0 Å². The van der Waals surface area contributed by atoms with E-state index in [2.05, 4.69) is 20.2 Å². The molecule has 0 aliphatic carbocycles. The van der Waals surface area contributed by atoms with Crippen molar-refractivity contribution in [1.82, 2.24) is 20.2 Å². The second-order valence-electron chi connectivity index (χ2n) is 6.91. The summed E-state index contributed by atoms with van der Waals surface area (Å²) >= 11 is 1.00. The second-order valence-corrected chi connectivity index (χ2v) is 9.60. The van der Waals surface area contributed by atoms with Gasteiger partial charge in [0.25, 0.3) is 15.7 Å². The predicted molar refractivity (Wildman–Crippen MR) is 112 cm³/mol.